The molecule has 0 aromatic heterocycles. The molecule has 1 atom stereocenters. The molecular weight excluding hydrogens is 367 g/mol. The standard InChI is InChI=1S/C15H12BrClF3N/c1-21-14(10-4-2-3-5-13(10)17)9-6-7-12(16)11(8-9)15(18,19)20/h2-8,14,21H,1H3. The van der Waals surface area contributed by atoms with Crippen molar-refractivity contribution in [2.75, 3.05) is 7.05 Å². The molecule has 0 radical (unpaired) electrons. The first-order chi connectivity index (χ1) is 9.84. The topological polar surface area (TPSA) is 12.0 Å². The van der Waals surface area contributed by atoms with Gasteiger partial charge in [-0.25, -0.2) is 0 Å². The summed E-state index contributed by atoms with van der Waals surface area (Å²) >= 11 is 9.08. The fourth-order valence-corrected chi connectivity index (χ4v) is 2.87. The van der Waals surface area contributed by atoms with Gasteiger partial charge in [-0.3, -0.25) is 0 Å². The lowest BCUT2D eigenvalue weighted by molar-refractivity contribution is -0.138. The molecule has 1 N–H and O–H groups in total. The zero-order valence-corrected chi connectivity index (χ0v) is 13.4. The van der Waals surface area contributed by atoms with Crippen LogP contribution in [-0.4, -0.2) is 7.05 Å². The average molecular weight is 379 g/mol. The maximum absolute atomic E-state index is 13.0. The molecule has 2 aromatic rings. The number of rotatable bonds is 3. The van der Waals surface area contributed by atoms with Crippen molar-refractivity contribution in [3.63, 3.8) is 0 Å². The minimum atomic E-state index is -4.41. The Kier molecular flexibility index (Phi) is 4.96. The third-order valence-electron chi connectivity index (χ3n) is 3.13. The Balaban J connectivity index is 2.52. The van der Waals surface area contributed by atoms with E-state index in [2.05, 4.69) is 21.2 Å². The average Bonchev–Trinajstić information content (AvgIpc) is 2.42. The zero-order valence-electron chi connectivity index (χ0n) is 11.0. The number of halogens is 5. The Hall–Kier alpha value is -1.04. The molecule has 1 nitrogen and oxygen atoms in total. The highest BCUT2D eigenvalue weighted by Gasteiger charge is 2.33. The number of hydrogen-bond donors (Lipinski definition) is 1. The summed E-state index contributed by atoms with van der Waals surface area (Å²) in [6.07, 6.45) is -4.41. The van der Waals surface area contributed by atoms with Crippen LogP contribution in [0.3, 0.4) is 0 Å². The SMILES string of the molecule is CNC(c1ccc(Br)c(C(F)(F)F)c1)c1ccccc1Cl. The van der Waals surface area contributed by atoms with Gasteiger partial charge in [0.05, 0.1) is 11.6 Å². The number of hydrogen-bond acceptors (Lipinski definition) is 1. The normalized spacial score (nSPS) is 13.2. The first-order valence-electron chi connectivity index (χ1n) is 6.13. The van der Waals surface area contributed by atoms with Crippen molar-refractivity contribution in [3.05, 3.63) is 68.7 Å². The van der Waals surface area contributed by atoms with Crippen LogP contribution in [0, 0.1) is 0 Å². The van der Waals surface area contributed by atoms with Gasteiger partial charge in [-0.2, -0.15) is 13.2 Å². The summed E-state index contributed by atoms with van der Waals surface area (Å²) in [7, 11) is 1.68. The van der Waals surface area contributed by atoms with E-state index in [9.17, 15) is 13.2 Å². The summed E-state index contributed by atoms with van der Waals surface area (Å²) in [5.74, 6) is 0. The second-order valence-corrected chi connectivity index (χ2v) is 5.74. The van der Waals surface area contributed by atoms with Crippen LogP contribution in [0.25, 0.3) is 0 Å². The lowest BCUT2D eigenvalue weighted by atomic mass is 9.97. The van der Waals surface area contributed by atoms with E-state index in [4.69, 9.17) is 11.6 Å². The highest BCUT2D eigenvalue weighted by molar-refractivity contribution is 9.10. The van der Waals surface area contributed by atoms with E-state index in [1.807, 2.05) is 0 Å². The van der Waals surface area contributed by atoms with Gasteiger partial charge < -0.3 is 5.32 Å². The third kappa shape index (κ3) is 3.59. The Morgan fingerprint density at radius 2 is 1.81 bits per heavy atom. The van der Waals surface area contributed by atoms with E-state index in [1.165, 1.54) is 6.07 Å². The molecule has 0 heterocycles. The van der Waals surface area contributed by atoms with Crippen molar-refractivity contribution in [1.82, 2.24) is 5.32 Å². The molecule has 1 unspecified atom stereocenters. The molecule has 6 heteroatoms. The van der Waals surface area contributed by atoms with Crippen molar-refractivity contribution >= 4 is 27.5 Å². The second kappa shape index (κ2) is 6.38. The fraction of sp³-hybridized carbons (Fsp3) is 0.200. The predicted octanol–water partition coefficient (Wildman–Crippen LogP) is 5.43. The van der Waals surface area contributed by atoms with E-state index in [0.29, 0.717) is 10.6 Å². The smallest absolute Gasteiger partial charge is 0.309 e. The van der Waals surface area contributed by atoms with Crippen LogP contribution < -0.4 is 5.32 Å². The van der Waals surface area contributed by atoms with Gasteiger partial charge in [0.15, 0.2) is 0 Å². The number of alkyl halides is 3. The van der Waals surface area contributed by atoms with Gasteiger partial charge in [0.2, 0.25) is 0 Å². The molecule has 2 rings (SSSR count). The summed E-state index contributed by atoms with van der Waals surface area (Å²) in [4.78, 5) is 0. The number of benzene rings is 2. The second-order valence-electron chi connectivity index (χ2n) is 4.48. The Labute approximate surface area is 134 Å². The maximum Gasteiger partial charge on any atom is 0.417 e. The third-order valence-corrected chi connectivity index (χ3v) is 4.17. The van der Waals surface area contributed by atoms with Crippen LogP contribution >= 0.6 is 27.5 Å². The molecule has 0 aliphatic carbocycles. The van der Waals surface area contributed by atoms with Gasteiger partial charge in [0, 0.05) is 9.50 Å². The quantitative estimate of drug-likeness (QED) is 0.751. The van der Waals surface area contributed by atoms with Crippen LogP contribution in [0.1, 0.15) is 22.7 Å². The molecule has 112 valence electrons. The van der Waals surface area contributed by atoms with Crippen molar-refractivity contribution in [2.24, 2.45) is 0 Å². The Morgan fingerprint density at radius 3 is 2.38 bits per heavy atom. The first kappa shape index (κ1) is 16.3. The fourth-order valence-electron chi connectivity index (χ4n) is 2.15. The van der Waals surface area contributed by atoms with Gasteiger partial charge in [0.1, 0.15) is 0 Å². The van der Waals surface area contributed by atoms with Gasteiger partial charge in [-0.1, -0.05) is 51.8 Å². The Morgan fingerprint density at radius 1 is 1.14 bits per heavy atom. The predicted molar refractivity (Wildman–Crippen MR) is 81.5 cm³/mol. The molecule has 0 saturated heterocycles. The first-order valence-corrected chi connectivity index (χ1v) is 7.30. The van der Waals surface area contributed by atoms with Crippen LogP contribution in [0.5, 0.6) is 0 Å². The summed E-state index contributed by atoms with van der Waals surface area (Å²) in [6, 6.07) is 10.9. The van der Waals surface area contributed by atoms with Crippen molar-refractivity contribution in [3.8, 4) is 0 Å². The highest BCUT2D eigenvalue weighted by atomic mass is 79.9. The molecule has 2 aromatic carbocycles. The monoisotopic (exact) mass is 377 g/mol. The van der Waals surface area contributed by atoms with E-state index in [1.54, 1.807) is 37.4 Å². The van der Waals surface area contributed by atoms with E-state index in [0.717, 1.165) is 11.6 Å². The lowest BCUT2D eigenvalue weighted by Crippen LogP contribution is -2.19. The Bertz CT molecular complexity index is 643. The molecule has 21 heavy (non-hydrogen) atoms. The molecular formula is C15H12BrClF3N. The van der Waals surface area contributed by atoms with E-state index in [-0.39, 0.29) is 4.47 Å². The molecule has 0 spiro atoms. The lowest BCUT2D eigenvalue weighted by Gasteiger charge is -2.20. The van der Waals surface area contributed by atoms with Gasteiger partial charge in [-0.05, 0) is 36.4 Å². The van der Waals surface area contributed by atoms with Crippen molar-refractivity contribution in [1.29, 1.82) is 0 Å². The molecule has 0 bridgehead atoms. The van der Waals surface area contributed by atoms with Crippen LogP contribution in [0.15, 0.2) is 46.9 Å². The summed E-state index contributed by atoms with van der Waals surface area (Å²) in [6.45, 7) is 0. The maximum atomic E-state index is 13.0. The van der Waals surface area contributed by atoms with E-state index < -0.39 is 17.8 Å². The molecule has 0 fully saturated rings. The van der Waals surface area contributed by atoms with Crippen LogP contribution in [0.4, 0.5) is 13.2 Å². The molecule has 0 aliphatic rings. The van der Waals surface area contributed by atoms with Crippen LogP contribution in [0.2, 0.25) is 5.02 Å². The molecule has 0 amide bonds. The minimum Gasteiger partial charge on any atom is -0.309 e. The van der Waals surface area contributed by atoms with E-state index >= 15 is 0 Å². The van der Waals surface area contributed by atoms with Gasteiger partial charge in [-0.15, -0.1) is 0 Å². The molecule has 0 saturated carbocycles. The van der Waals surface area contributed by atoms with Gasteiger partial charge in [0.25, 0.3) is 0 Å². The molecule has 0 aliphatic heterocycles. The largest absolute Gasteiger partial charge is 0.417 e. The van der Waals surface area contributed by atoms with Gasteiger partial charge >= 0.3 is 6.18 Å². The summed E-state index contributed by atoms with van der Waals surface area (Å²) < 4.78 is 39.0. The number of nitrogens with one attached hydrogen (secondary N) is 1. The van der Waals surface area contributed by atoms with Crippen molar-refractivity contribution < 1.29 is 13.2 Å². The summed E-state index contributed by atoms with van der Waals surface area (Å²) in [5, 5.41) is 3.51. The highest BCUT2D eigenvalue weighted by Crippen LogP contribution is 2.37. The van der Waals surface area contributed by atoms with Crippen molar-refractivity contribution in [2.45, 2.75) is 12.2 Å². The summed E-state index contributed by atoms with van der Waals surface area (Å²) in [5.41, 5.74) is 0.533. The van der Waals surface area contributed by atoms with Crippen LogP contribution in [-0.2, 0) is 6.18 Å². The zero-order chi connectivity index (χ0) is 15.6. The minimum absolute atomic E-state index is 0.0211.